The molecule has 1 aliphatic heterocycles. The summed E-state index contributed by atoms with van der Waals surface area (Å²) in [5, 5.41) is 20.3. The second kappa shape index (κ2) is 12.1. The van der Waals surface area contributed by atoms with Gasteiger partial charge in [0.15, 0.2) is 0 Å². The van der Waals surface area contributed by atoms with Crippen LogP contribution in [-0.4, -0.2) is 67.5 Å². The van der Waals surface area contributed by atoms with E-state index in [2.05, 4.69) is 30.4 Å². The van der Waals surface area contributed by atoms with Crippen LogP contribution in [0.5, 0.6) is 0 Å². The number of aliphatic hydroxyl groups excluding tert-OH is 1. The van der Waals surface area contributed by atoms with Gasteiger partial charge in [0.1, 0.15) is 17.0 Å². The average Bonchev–Trinajstić information content (AvgIpc) is 3.54. The van der Waals surface area contributed by atoms with Crippen LogP contribution in [0, 0.1) is 11.7 Å². The van der Waals surface area contributed by atoms with Crippen molar-refractivity contribution in [1.82, 2.24) is 30.4 Å². The second-order valence-electron chi connectivity index (χ2n) is 12.3. The molecule has 3 aromatic heterocycles. The molecule has 0 spiro atoms. The van der Waals surface area contributed by atoms with E-state index in [0.717, 1.165) is 60.6 Å². The summed E-state index contributed by atoms with van der Waals surface area (Å²) in [4.78, 5) is 25.0. The van der Waals surface area contributed by atoms with Crippen molar-refractivity contribution in [3.63, 3.8) is 0 Å². The molecular formula is C33H38F2N6O2. The highest BCUT2D eigenvalue weighted by atomic mass is 19.1. The number of aromatic amines is 1. The van der Waals surface area contributed by atoms with Crippen molar-refractivity contribution in [2.45, 2.75) is 70.2 Å². The quantitative estimate of drug-likeness (QED) is 0.257. The Hall–Kier alpha value is -3.76. The van der Waals surface area contributed by atoms with Gasteiger partial charge in [-0.2, -0.15) is 5.10 Å². The first-order valence-electron chi connectivity index (χ1n) is 15.2. The number of aryl methyl sites for hydroxylation is 1. The predicted molar refractivity (Wildman–Crippen MR) is 161 cm³/mol. The summed E-state index contributed by atoms with van der Waals surface area (Å²) >= 11 is 0. The van der Waals surface area contributed by atoms with Gasteiger partial charge in [-0.25, -0.2) is 13.8 Å². The van der Waals surface area contributed by atoms with E-state index in [1.165, 1.54) is 6.07 Å². The number of aliphatic hydroxyl groups is 1. The molecule has 1 amide bonds. The summed E-state index contributed by atoms with van der Waals surface area (Å²) in [6.07, 6.45) is 8.10. The highest BCUT2D eigenvalue weighted by Gasteiger charge is 2.38. The monoisotopic (exact) mass is 588 g/mol. The van der Waals surface area contributed by atoms with Crippen molar-refractivity contribution in [3.05, 3.63) is 77.1 Å². The van der Waals surface area contributed by atoms with Crippen molar-refractivity contribution in [1.29, 1.82) is 0 Å². The molecule has 4 aromatic rings. The smallest absolute Gasteiger partial charge is 0.251 e. The van der Waals surface area contributed by atoms with Gasteiger partial charge in [0.25, 0.3) is 5.91 Å². The Morgan fingerprint density at radius 2 is 2.02 bits per heavy atom. The average molecular weight is 589 g/mol. The fourth-order valence-electron chi connectivity index (χ4n) is 6.24. The lowest BCUT2D eigenvalue weighted by molar-refractivity contribution is 0.0794. The zero-order valence-corrected chi connectivity index (χ0v) is 24.6. The number of rotatable bonds is 8. The molecular weight excluding hydrogens is 550 g/mol. The van der Waals surface area contributed by atoms with Gasteiger partial charge in [-0.3, -0.25) is 14.9 Å². The van der Waals surface area contributed by atoms with Gasteiger partial charge in [-0.1, -0.05) is 19.9 Å². The number of pyridine rings is 2. The lowest BCUT2D eigenvalue weighted by Gasteiger charge is -2.34. The highest BCUT2D eigenvalue weighted by molar-refractivity contribution is 5.98. The first-order valence-corrected chi connectivity index (χ1v) is 15.2. The molecule has 0 saturated carbocycles. The van der Waals surface area contributed by atoms with Gasteiger partial charge in [-0.05, 0) is 73.4 Å². The molecule has 10 heteroatoms. The molecule has 4 heterocycles. The topological polar surface area (TPSA) is 107 Å². The lowest BCUT2D eigenvalue weighted by atomic mass is 9.77. The molecule has 2 atom stereocenters. The van der Waals surface area contributed by atoms with Gasteiger partial charge < -0.3 is 15.3 Å². The van der Waals surface area contributed by atoms with E-state index in [1.807, 2.05) is 26.0 Å². The molecule has 6 rings (SSSR count). The van der Waals surface area contributed by atoms with Crippen LogP contribution in [0.15, 0.2) is 48.9 Å². The number of carbonyl (C=O) groups excluding carboxylic acids is 1. The van der Waals surface area contributed by atoms with Crippen LogP contribution in [0.3, 0.4) is 0 Å². The fourth-order valence-corrected chi connectivity index (χ4v) is 6.24. The molecule has 2 aliphatic rings. The number of H-pyrrole nitrogens is 1. The number of hydrogen-bond acceptors (Lipinski definition) is 6. The Balaban J connectivity index is 1.25. The number of nitrogens with zero attached hydrogens (tertiary/aromatic N) is 4. The predicted octanol–water partition coefficient (Wildman–Crippen LogP) is 5.33. The molecule has 8 nitrogen and oxygen atoms in total. The van der Waals surface area contributed by atoms with Crippen LogP contribution >= 0.6 is 0 Å². The van der Waals surface area contributed by atoms with E-state index in [-0.39, 0.29) is 35.6 Å². The number of benzene rings is 1. The van der Waals surface area contributed by atoms with Crippen LogP contribution in [0.4, 0.5) is 8.78 Å². The maximum Gasteiger partial charge on any atom is 0.251 e. The van der Waals surface area contributed by atoms with Crippen molar-refractivity contribution in [2.75, 3.05) is 19.6 Å². The van der Waals surface area contributed by atoms with Crippen molar-refractivity contribution in [3.8, 4) is 11.3 Å². The Labute approximate surface area is 249 Å². The summed E-state index contributed by atoms with van der Waals surface area (Å²) in [5.74, 6) is -1.11. The summed E-state index contributed by atoms with van der Waals surface area (Å²) < 4.78 is 30.9. The molecule has 1 aliphatic carbocycles. The van der Waals surface area contributed by atoms with Crippen LogP contribution in [0.2, 0.25) is 0 Å². The van der Waals surface area contributed by atoms with E-state index < -0.39 is 17.4 Å². The van der Waals surface area contributed by atoms with Crippen molar-refractivity contribution >= 4 is 16.8 Å². The molecule has 0 unspecified atom stereocenters. The zero-order valence-electron chi connectivity index (χ0n) is 24.6. The number of carbonyl (C=O) groups is 1. The van der Waals surface area contributed by atoms with Crippen molar-refractivity contribution in [2.24, 2.45) is 5.92 Å². The number of halogens is 2. The fraction of sp³-hybridized carbons (Fsp3) is 0.455. The third-order valence-corrected chi connectivity index (χ3v) is 9.18. The highest BCUT2D eigenvalue weighted by Crippen LogP contribution is 2.38. The third-order valence-electron chi connectivity index (χ3n) is 9.18. The Morgan fingerprint density at radius 1 is 1.21 bits per heavy atom. The third kappa shape index (κ3) is 6.31. The number of nitrogens with one attached hydrogen (secondary N) is 2. The number of piperidine rings is 1. The minimum absolute atomic E-state index is 0.139. The van der Waals surface area contributed by atoms with Crippen LogP contribution in [0.1, 0.15) is 72.8 Å². The number of fused-ring (bicyclic) bond motifs is 2. The summed E-state index contributed by atoms with van der Waals surface area (Å²) in [7, 11) is 0. The Kier molecular flexibility index (Phi) is 8.24. The Morgan fingerprint density at radius 3 is 2.72 bits per heavy atom. The van der Waals surface area contributed by atoms with Crippen LogP contribution in [0.25, 0.3) is 22.2 Å². The van der Waals surface area contributed by atoms with Gasteiger partial charge >= 0.3 is 0 Å². The number of hydrogen-bond donors (Lipinski definition) is 3. The number of aromatic nitrogens is 4. The molecule has 1 fully saturated rings. The normalized spacial score (nSPS) is 20.3. The molecule has 3 N–H and O–H groups in total. The zero-order chi connectivity index (χ0) is 30.1. The molecule has 43 heavy (non-hydrogen) atoms. The van der Waals surface area contributed by atoms with Crippen molar-refractivity contribution < 1.29 is 18.7 Å². The molecule has 0 bridgehead atoms. The molecule has 1 aromatic carbocycles. The van der Waals surface area contributed by atoms with Gasteiger partial charge in [0.2, 0.25) is 0 Å². The van der Waals surface area contributed by atoms with Gasteiger partial charge in [0.05, 0.1) is 24.0 Å². The Bertz CT molecular complexity index is 1590. The summed E-state index contributed by atoms with van der Waals surface area (Å²) in [6.45, 7) is 6.08. The largest absolute Gasteiger partial charge is 0.393 e. The summed E-state index contributed by atoms with van der Waals surface area (Å²) in [6, 6.07) is 8.14. The minimum atomic E-state index is -1.32. The molecule has 226 valence electrons. The first-order chi connectivity index (χ1) is 20.7. The number of alkyl halides is 1. The standard InChI is InChI=1S/C33H38F2N6O2/c1-20(2)33(35)9-5-29-24(16-33)14-22-13-23(15-27(34)31(22)39-29)32(43)40-30(8-12-41-10-6-26(42)7-11-41)21-3-4-28(36-17-21)25-18-37-38-19-25/h3-4,13-15,17-20,26,30,42H,5-12,16H2,1-2H3,(H,37,38)(H,40,43)/t30-,33+/m1/s1. The van der Waals surface area contributed by atoms with E-state index in [0.29, 0.717) is 24.6 Å². The second-order valence-corrected chi connectivity index (χ2v) is 12.3. The minimum Gasteiger partial charge on any atom is -0.393 e. The van der Waals surface area contributed by atoms with Gasteiger partial charge in [-0.15, -0.1) is 0 Å². The molecule has 1 saturated heterocycles. The van der Waals surface area contributed by atoms with E-state index in [1.54, 1.807) is 30.7 Å². The maximum atomic E-state index is 15.5. The van der Waals surface area contributed by atoms with Crippen LogP contribution in [-0.2, 0) is 12.8 Å². The van der Waals surface area contributed by atoms with E-state index in [4.69, 9.17) is 0 Å². The van der Waals surface area contributed by atoms with E-state index >= 15 is 8.78 Å². The summed E-state index contributed by atoms with van der Waals surface area (Å²) in [5.41, 5.74) is 3.03. The van der Waals surface area contributed by atoms with Crippen LogP contribution < -0.4 is 5.32 Å². The number of amides is 1. The van der Waals surface area contributed by atoms with Gasteiger partial charge in [0, 0.05) is 60.7 Å². The first kappa shape index (κ1) is 29.3. The lowest BCUT2D eigenvalue weighted by Crippen LogP contribution is -2.38. The number of likely N-dealkylation sites (tertiary alicyclic amines) is 1. The molecule has 0 radical (unpaired) electrons. The SMILES string of the molecule is CC(C)[C@]1(F)CCc2nc3c(F)cc(C(=O)N[C@H](CCN4CCC(O)CC4)c4ccc(-c5cn[nH]c5)nc4)cc3cc2C1. The maximum absolute atomic E-state index is 15.5. The van der Waals surface area contributed by atoms with E-state index in [9.17, 15) is 9.90 Å².